The van der Waals surface area contributed by atoms with E-state index < -0.39 is 14.3 Å². The lowest BCUT2D eigenvalue weighted by Gasteiger charge is -2.47. The van der Waals surface area contributed by atoms with Gasteiger partial charge >= 0.3 is 5.97 Å². The predicted molar refractivity (Wildman–Crippen MR) is 162 cm³/mol. The number of rotatable bonds is 10. The molecule has 0 aliphatic carbocycles. The van der Waals surface area contributed by atoms with E-state index >= 15 is 0 Å². The monoisotopic (exact) mass is 625 g/mol. The fourth-order valence-electron chi connectivity index (χ4n) is 4.77. The SMILES string of the molecule is CC(C)(C)[Si](C)(C)O[C@@H](CC[C@H]1C(=O)N(c2ccccc2)[C@H]1CC(=O)Oc1cccc(Br)c1)c1ccc(F)cc1. The van der Waals surface area contributed by atoms with Gasteiger partial charge in [0.25, 0.3) is 0 Å². The van der Waals surface area contributed by atoms with E-state index in [1.807, 2.05) is 36.4 Å². The zero-order chi connectivity index (χ0) is 29.1. The second-order valence-corrected chi connectivity index (χ2v) is 17.5. The molecule has 0 spiro atoms. The van der Waals surface area contributed by atoms with Gasteiger partial charge in [-0.25, -0.2) is 4.39 Å². The molecule has 0 bridgehead atoms. The van der Waals surface area contributed by atoms with Crippen molar-refractivity contribution in [2.45, 2.75) is 70.3 Å². The Morgan fingerprint density at radius 3 is 2.33 bits per heavy atom. The summed E-state index contributed by atoms with van der Waals surface area (Å²) in [5.41, 5.74) is 1.65. The highest BCUT2D eigenvalue weighted by Crippen LogP contribution is 2.43. The minimum Gasteiger partial charge on any atom is -0.426 e. The summed E-state index contributed by atoms with van der Waals surface area (Å²) >= 11 is 3.40. The second-order valence-electron chi connectivity index (χ2n) is 11.8. The number of ether oxygens (including phenoxy) is 1. The van der Waals surface area contributed by atoms with E-state index in [2.05, 4.69) is 49.8 Å². The molecule has 1 aliphatic heterocycles. The Balaban J connectivity index is 1.54. The molecule has 0 radical (unpaired) electrons. The van der Waals surface area contributed by atoms with Gasteiger partial charge in [-0.2, -0.15) is 0 Å². The van der Waals surface area contributed by atoms with Gasteiger partial charge in [0.1, 0.15) is 11.6 Å². The van der Waals surface area contributed by atoms with Gasteiger partial charge in [0.15, 0.2) is 8.32 Å². The quantitative estimate of drug-likeness (QED) is 0.0981. The summed E-state index contributed by atoms with van der Waals surface area (Å²) in [5.74, 6) is -0.620. The van der Waals surface area contributed by atoms with Crippen LogP contribution in [0.3, 0.4) is 0 Å². The van der Waals surface area contributed by atoms with Crippen molar-refractivity contribution in [3.63, 3.8) is 0 Å². The van der Waals surface area contributed by atoms with Gasteiger partial charge in [-0.15, -0.1) is 0 Å². The maximum absolute atomic E-state index is 13.7. The summed E-state index contributed by atoms with van der Waals surface area (Å²) in [7, 11) is -2.17. The predicted octanol–water partition coefficient (Wildman–Crippen LogP) is 8.46. The molecule has 3 aromatic rings. The maximum Gasteiger partial charge on any atom is 0.313 e. The first-order valence-electron chi connectivity index (χ1n) is 13.6. The lowest BCUT2D eigenvalue weighted by Crippen LogP contribution is -2.62. The molecule has 0 aromatic heterocycles. The number of nitrogens with zero attached hydrogens (tertiary/aromatic N) is 1. The van der Waals surface area contributed by atoms with Gasteiger partial charge in [0.2, 0.25) is 5.91 Å². The van der Waals surface area contributed by atoms with E-state index in [-0.39, 0.29) is 41.2 Å². The van der Waals surface area contributed by atoms with E-state index in [0.29, 0.717) is 18.6 Å². The fraction of sp³-hybridized carbons (Fsp3) is 0.375. The number of halogens is 2. The number of carbonyl (C=O) groups is 2. The summed E-state index contributed by atoms with van der Waals surface area (Å²) in [5, 5.41) is -0.0135. The number of carbonyl (C=O) groups excluding carboxylic acids is 2. The van der Waals surface area contributed by atoms with Crippen molar-refractivity contribution < 1.29 is 23.1 Å². The van der Waals surface area contributed by atoms with Crippen molar-refractivity contribution in [1.82, 2.24) is 0 Å². The van der Waals surface area contributed by atoms with Crippen LogP contribution in [0.4, 0.5) is 10.1 Å². The fourth-order valence-corrected chi connectivity index (χ4v) is 6.47. The smallest absolute Gasteiger partial charge is 0.313 e. The molecule has 4 rings (SSSR count). The molecule has 1 fully saturated rings. The molecule has 1 aliphatic rings. The van der Waals surface area contributed by atoms with E-state index in [9.17, 15) is 14.0 Å². The van der Waals surface area contributed by atoms with Crippen molar-refractivity contribution in [2.24, 2.45) is 5.92 Å². The van der Waals surface area contributed by atoms with Crippen LogP contribution in [0, 0.1) is 11.7 Å². The van der Waals surface area contributed by atoms with Crippen LogP contribution < -0.4 is 9.64 Å². The number of esters is 1. The summed E-state index contributed by atoms with van der Waals surface area (Å²) in [6, 6.07) is 22.6. The third-order valence-corrected chi connectivity index (χ3v) is 13.0. The van der Waals surface area contributed by atoms with Crippen LogP contribution in [0.15, 0.2) is 83.3 Å². The van der Waals surface area contributed by atoms with Crippen molar-refractivity contribution in [3.8, 4) is 5.75 Å². The number of benzene rings is 3. The van der Waals surface area contributed by atoms with Crippen LogP contribution in [0.5, 0.6) is 5.75 Å². The Morgan fingerprint density at radius 1 is 1.02 bits per heavy atom. The van der Waals surface area contributed by atoms with Crippen LogP contribution in [0.1, 0.15) is 51.7 Å². The number of amides is 1. The minimum atomic E-state index is -2.17. The third-order valence-electron chi connectivity index (χ3n) is 8.01. The first kappa shape index (κ1) is 30.2. The molecule has 8 heteroatoms. The molecule has 1 amide bonds. The summed E-state index contributed by atoms with van der Waals surface area (Å²) < 4.78 is 27.0. The Morgan fingerprint density at radius 2 is 1.70 bits per heavy atom. The highest BCUT2D eigenvalue weighted by atomic mass is 79.9. The third kappa shape index (κ3) is 7.08. The molecule has 5 nitrogen and oxygen atoms in total. The topological polar surface area (TPSA) is 55.8 Å². The molecular weight excluding hydrogens is 589 g/mol. The normalized spacial score (nSPS) is 18.3. The molecule has 0 saturated carbocycles. The standard InChI is InChI=1S/C32H37BrFNO4Si/c1-32(2,3)40(4,5)39-29(22-14-16-24(34)17-15-22)19-18-27-28(35(31(27)37)25-11-7-6-8-12-25)21-30(36)38-26-13-9-10-23(33)20-26/h6-17,20,27-29H,18-19,21H2,1-5H3/t27-,28+,29+/m1/s1. The van der Waals surface area contributed by atoms with Crippen LogP contribution in [-0.4, -0.2) is 26.2 Å². The molecule has 1 heterocycles. The molecule has 212 valence electrons. The molecular formula is C32H37BrFNO4Si. The van der Waals surface area contributed by atoms with Crippen molar-refractivity contribution >= 4 is 41.8 Å². The second kappa shape index (κ2) is 12.4. The van der Waals surface area contributed by atoms with Crippen molar-refractivity contribution in [3.05, 3.63) is 94.7 Å². The molecule has 1 saturated heterocycles. The molecule has 0 N–H and O–H groups in total. The Labute approximate surface area is 245 Å². The van der Waals surface area contributed by atoms with Gasteiger partial charge in [-0.3, -0.25) is 9.59 Å². The lowest BCUT2D eigenvalue weighted by molar-refractivity contribution is -0.138. The van der Waals surface area contributed by atoms with Crippen LogP contribution in [0.25, 0.3) is 0 Å². The maximum atomic E-state index is 13.7. The van der Waals surface area contributed by atoms with Crippen LogP contribution >= 0.6 is 15.9 Å². The van der Waals surface area contributed by atoms with Gasteiger partial charge in [-0.05, 0) is 79.0 Å². The number of anilines is 1. The molecule has 40 heavy (non-hydrogen) atoms. The van der Waals surface area contributed by atoms with E-state index in [4.69, 9.17) is 9.16 Å². The number of para-hydroxylation sites is 1. The first-order valence-corrected chi connectivity index (χ1v) is 17.3. The average molecular weight is 627 g/mol. The summed E-state index contributed by atoms with van der Waals surface area (Å²) in [6.45, 7) is 10.9. The zero-order valence-electron chi connectivity index (χ0n) is 23.7. The number of hydrogen-bond donors (Lipinski definition) is 0. The highest BCUT2D eigenvalue weighted by Gasteiger charge is 2.49. The zero-order valence-corrected chi connectivity index (χ0v) is 26.3. The van der Waals surface area contributed by atoms with Gasteiger partial charge < -0.3 is 14.1 Å². The number of β-lactam (4-membered cyclic amide) rings is 1. The highest BCUT2D eigenvalue weighted by molar-refractivity contribution is 9.10. The lowest BCUT2D eigenvalue weighted by atomic mass is 9.80. The average Bonchev–Trinajstić information content (AvgIpc) is 2.88. The Bertz CT molecular complexity index is 1330. The summed E-state index contributed by atoms with van der Waals surface area (Å²) in [4.78, 5) is 28.2. The van der Waals surface area contributed by atoms with Gasteiger partial charge in [-0.1, -0.05) is 73.1 Å². The first-order chi connectivity index (χ1) is 18.9. The Hall–Kier alpha value is -2.81. The van der Waals surface area contributed by atoms with Gasteiger partial charge in [0, 0.05) is 10.2 Å². The van der Waals surface area contributed by atoms with Crippen LogP contribution in [0.2, 0.25) is 18.1 Å². The molecule has 3 atom stereocenters. The minimum absolute atomic E-state index is 0.0135. The summed E-state index contributed by atoms with van der Waals surface area (Å²) in [6.07, 6.45) is 0.902. The van der Waals surface area contributed by atoms with Crippen molar-refractivity contribution in [1.29, 1.82) is 0 Å². The molecule has 0 unspecified atom stereocenters. The van der Waals surface area contributed by atoms with E-state index in [1.165, 1.54) is 12.1 Å². The van der Waals surface area contributed by atoms with E-state index in [0.717, 1.165) is 15.7 Å². The van der Waals surface area contributed by atoms with Crippen LogP contribution in [-0.2, 0) is 14.0 Å². The Kier molecular flexibility index (Phi) is 9.32. The van der Waals surface area contributed by atoms with Gasteiger partial charge in [0.05, 0.1) is 24.5 Å². The number of hydrogen-bond acceptors (Lipinski definition) is 4. The molecule has 3 aromatic carbocycles. The largest absolute Gasteiger partial charge is 0.426 e. The van der Waals surface area contributed by atoms with E-state index in [1.54, 1.807) is 35.2 Å². The van der Waals surface area contributed by atoms with Crippen molar-refractivity contribution in [2.75, 3.05) is 4.90 Å².